The van der Waals surface area contributed by atoms with E-state index in [9.17, 15) is 14.0 Å². The number of hydrogen-bond donors (Lipinski definition) is 1. The highest BCUT2D eigenvalue weighted by Gasteiger charge is 2.34. The van der Waals surface area contributed by atoms with E-state index in [0.717, 1.165) is 42.9 Å². The van der Waals surface area contributed by atoms with Crippen molar-refractivity contribution < 1.29 is 14.0 Å². The van der Waals surface area contributed by atoms with Gasteiger partial charge in [-0.05, 0) is 93.4 Å². The van der Waals surface area contributed by atoms with Gasteiger partial charge in [0.1, 0.15) is 5.82 Å². The lowest BCUT2D eigenvalue weighted by Gasteiger charge is -2.38. The summed E-state index contributed by atoms with van der Waals surface area (Å²) >= 11 is 0. The number of hydrogen-bond acceptors (Lipinski definition) is 3. The van der Waals surface area contributed by atoms with Crippen LogP contribution in [-0.4, -0.2) is 49.4 Å². The van der Waals surface area contributed by atoms with Crippen molar-refractivity contribution in [2.45, 2.75) is 52.9 Å². The molecule has 6 heteroatoms. The number of benzene rings is 2. The normalized spacial score (nSPS) is 21.3. The molecule has 2 aliphatic heterocycles. The van der Waals surface area contributed by atoms with Gasteiger partial charge in [-0.2, -0.15) is 0 Å². The van der Waals surface area contributed by atoms with Crippen LogP contribution in [0.3, 0.4) is 0 Å². The Morgan fingerprint density at radius 2 is 1.77 bits per heavy atom. The molecule has 0 spiro atoms. The van der Waals surface area contributed by atoms with Crippen molar-refractivity contribution in [2.24, 2.45) is 11.8 Å². The Kier molecular flexibility index (Phi) is 8.22. The first-order valence-corrected chi connectivity index (χ1v) is 13.0. The highest BCUT2D eigenvalue weighted by Crippen LogP contribution is 2.34. The molecule has 1 N–H and O–H groups in total. The molecule has 0 aromatic heterocycles. The molecule has 2 fully saturated rings. The van der Waals surface area contributed by atoms with E-state index in [1.165, 1.54) is 25.3 Å². The van der Waals surface area contributed by atoms with E-state index < -0.39 is 0 Å². The SMILES string of the molecule is Cc1cc(C(=O)NCCN2CCCCC2)cc(C)c1N1C[C@@H](Cc2ccccc2F)C[C@@H](C)C1=O. The molecule has 2 aromatic rings. The molecule has 35 heavy (non-hydrogen) atoms. The Hall–Kier alpha value is -2.73. The summed E-state index contributed by atoms with van der Waals surface area (Å²) in [5.41, 5.74) is 4.04. The van der Waals surface area contributed by atoms with Crippen molar-refractivity contribution in [3.63, 3.8) is 0 Å². The summed E-state index contributed by atoms with van der Waals surface area (Å²) in [4.78, 5) is 30.3. The predicted octanol–water partition coefficient (Wildman–Crippen LogP) is 4.89. The lowest BCUT2D eigenvalue weighted by molar-refractivity contribution is -0.124. The van der Waals surface area contributed by atoms with E-state index in [1.54, 1.807) is 6.07 Å². The number of nitrogens with one attached hydrogen (secondary N) is 1. The van der Waals surface area contributed by atoms with E-state index in [2.05, 4.69) is 10.2 Å². The molecule has 5 nitrogen and oxygen atoms in total. The Labute approximate surface area is 208 Å². The minimum absolute atomic E-state index is 0.0736. The summed E-state index contributed by atoms with van der Waals surface area (Å²) in [6.45, 7) is 10.2. The fourth-order valence-electron chi connectivity index (χ4n) is 5.74. The Bertz CT molecular complexity index is 1040. The maximum Gasteiger partial charge on any atom is 0.251 e. The summed E-state index contributed by atoms with van der Waals surface area (Å²) < 4.78 is 14.3. The van der Waals surface area contributed by atoms with E-state index in [-0.39, 0.29) is 29.5 Å². The summed E-state index contributed by atoms with van der Waals surface area (Å²) in [5, 5.41) is 3.06. The fourth-order valence-corrected chi connectivity index (χ4v) is 5.74. The van der Waals surface area contributed by atoms with Gasteiger partial charge in [0.2, 0.25) is 5.91 Å². The van der Waals surface area contributed by atoms with Crippen LogP contribution in [-0.2, 0) is 11.2 Å². The van der Waals surface area contributed by atoms with Gasteiger partial charge in [0, 0.05) is 36.8 Å². The third kappa shape index (κ3) is 6.10. The van der Waals surface area contributed by atoms with Crippen LogP contribution in [0, 0.1) is 31.5 Å². The van der Waals surface area contributed by atoms with Crippen LogP contribution < -0.4 is 10.2 Å². The Balaban J connectivity index is 1.45. The molecule has 0 radical (unpaired) electrons. The maximum absolute atomic E-state index is 14.3. The molecule has 2 amide bonds. The van der Waals surface area contributed by atoms with Gasteiger partial charge in [-0.3, -0.25) is 9.59 Å². The first-order valence-electron chi connectivity index (χ1n) is 13.0. The fraction of sp³-hybridized carbons (Fsp3) is 0.517. The van der Waals surface area contributed by atoms with Crippen molar-refractivity contribution in [3.05, 3.63) is 64.5 Å². The smallest absolute Gasteiger partial charge is 0.251 e. The molecule has 2 aliphatic rings. The van der Waals surface area contributed by atoms with Crippen LogP contribution in [0.4, 0.5) is 10.1 Å². The van der Waals surface area contributed by atoms with E-state index in [4.69, 9.17) is 0 Å². The van der Waals surface area contributed by atoms with Gasteiger partial charge in [-0.15, -0.1) is 0 Å². The molecule has 0 bridgehead atoms. The number of likely N-dealkylation sites (tertiary alicyclic amines) is 1. The Morgan fingerprint density at radius 1 is 1.09 bits per heavy atom. The van der Waals surface area contributed by atoms with Crippen LogP contribution in [0.5, 0.6) is 0 Å². The topological polar surface area (TPSA) is 52.7 Å². The second kappa shape index (κ2) is 11.3. The molecule has 0 unspecified atom stereocenters. The highest BCUT2D eigenvalue weighted by atomic mass is 19.1. The number of amides is 2. The average molecular weight is 480 g/mol. The second-order valence-corrected chi connectivity index (χ2v) is 10.4. The molecule has 2 atom stereocenters. The first-order chi connectivity index (χ1) is 16.8. The molecular formula is C29H38FN3O2. The summed E-state index contributed by atoms with van der Waals surface area (Å²) in [5.74, 6) is -0.116. The minimum Gasteiger partial charge on any atom is -0.351 e. The van der Waals surface area contributed by atoms with Gasteiger partial charge in [0.15, 0.2) is 0 Å². The van der Waals surface area contributed by atoms with Crippen molar-refractivity contribution in [1.29, 1.82) is 0 Å². The number of carbonyl (C=O) groups is 2. The predicted molar refractivity (Wildman–Crippen MR) is 138 cm³/mol. The lowest BCUT2D eigenvalue weighted by atomic mass is 9.84. The van der Waals surface area contributed by atoms with Gasteiger partial charge in [-0.25, -0.2) is 4.39 Å². The number of halogens is 1. The van der Waals surface area contributed by atoms with Gasteiger partial charge >= 0.3 is 0 Å². The number of aryl methyl sites for hydroxylation is 2. The summed E-state index contributed by atoms with van der Waals surface area (Å²) in [7, 11) is 0. The number of anilines is 1. The zero-order chi connectivity index (χ0) is 24.9. The third-order valence-corrected chi connectivity index (χ3v) is 7.47. The molecule has 2 aromatic carbocycles. The molecule has 4 rings (SSSR count). The summed E-state index contributed by atoms with van der Waals surface area (Å²) in [6, 6.07) is 10.7. The molecule has 2 heterocycles. The van der Waals surface area contributed by atoms with Crippen LogP contribution in [0.15, 0.2) is 36.4 Å². The minimum atomic E-state index is -0.188. The monoisotopic (exact) mass is 479 g/mol. The number of carbonyl (C=O) groups excluding carboxylic acids is 2. The maximum atomic E-state index is 14.3. The standard InChI is InChI=1S/C29H38FN3O2/c1-20-16-25(28(34)31-11-14-32-12-7-4-8-13-32)17-21(2)27(20)33-19-23(15-22(3)29(33)35)18-24-9-5-6-10-26(24)30/h5-6,9-10,16-17,22-23H,4,7-8,11-15,18-19H2,1-3H3,(H,31,34)/t22-,23-/m1/s1. The summed E-state index contributed by atoms with van der Waals surface area (Å²) in [6.07, 6.45) is 5.14. The molecule has 0 saturated carbocycles. The quantitative estimate of drug-likeness (QED) is 0.615. The third-order valence-electron chi connectivity index (χ3n) is 7.47. The van der Waals surface area contributed by atoms with Crippen LogP contribution in [0.2, 0.25) is 0 Å². The van der Waals surface area contributed by atoms with Gasteiger partial charge < -0.3 is 15.1 Å². The van der Waals surface area contributed by atoms with Crippen LogP contribution in [0.25, 0.3) is 0 Å². The Morgan fingerprint density at radius 3 is 2.46 bits per heavy atom. The van der Waals surface area contributed by atoms with Crippen molar-refractivity contribution in [1.82, 2.24) is 10.2 Å². The van der Waals surface area contributed by atoms with Crippen LogP contribution in [0.1, 0.15) is 59.7 Å². The number of nitrogens with zero attached hydrogens (tertiary/aromatic N) is 2. The van der Waals surface area contributed by atoms with E-state index in [1.807, 2.05) is 49.9 Å². The van der Waals surface area contributed by atoms with Gasteiger partial charge in [0.05, 0.1) is 0 Å². The van der Waals surface area contributed by atoms with Gasteiger partial charge in [0.25, 0.3) is 5.91 Å². The molecular weight excluding hydrogens is 441 g/mol. The largest absolute Gasteiger partial charge is 0.351 e. The number of piperidine rings is 2. The highest BCUT2D eigenvalue weighted by molar-refractivity contribution is 5.99. The zero-order valence-corrected chi connectivity index (χ0v) is 21.3. The van der Waals surface area contributed by atoms with Crippen molar-refractivity contribution in [2.75, 3.05) is 37.6 Å². The van der Waals surface area contributed by atoms with Crippen molar-refractivity contribution >= 4 is 17.5 Å². The second-order valence-electron chi connectivity index (χ2n) is 10.4. The lowest BCUT2D eigenvalue weighted by Crippen LogP contribution is -2.46. The van der Waals surface area contributed by atoms with Crippen LogP contribution >= 0.6 is 0 Å². The molecule has 188 valence electrons. The average Bonchev–Trinajstić information content (AvgIpc) is 2.83. The van der Waals surface area contributed by atoms with Gasteiger partial charge in [-0.1, -0.05) is 31.5 Å². The first kappa shape index (κ1) is 25.4. The molecule has 0 aliphatic carbocycles. The van der Waals surface area contributed by atoms with E-state index >= 15 is 0 Å². The van der Waals surface area contributed by atoms with Crippen molar-refractivity contribution in [3.8, 4) is 0 Å². The number of rotatable bonds is 7. The van der Waals surface area contributed by atoms with E-state index in [0.29, 0.717) is 30.6 Å². The molecule has 2 saturated heterocycles. The zero-order valence-electron chi connectivity index (χ0n) is 21.3.